The Morgan fingerprint density at radius 3 is 2.21 bits per heavy atom. The number of hydrogen-bond donors (Lipinski definition) is 0. The molecule has 2 nitrogen and oxygen atoms in total. The van der Waals surface area contributed by atoms with Crippen molar-refractivity contribution < 1.29 is 9.21 Å². The van der Waals surface area contributed by atoms with Crippen LogP contribution in [0, 0.1) is 23.2 Å². The van der Waals surface area contributed by atoms with Crippen molar-refractivity contribution >= 4 is 5.78 Å². The lowest BCUT2D eigenvalue weighted by Gasteiger charge is -2.55. The maximum absolute atomic E-state index is 12.9. The maximum atomic E-state index is 12.9. The largest absolute Gasteiger partial charge is 0.458 e. The number of hydrogen-bond acceptors (Lipinski definition) is 2. The summed E-state index contributed by atoms with van der Waals surface area (Å²) in [6.07, 6.45) is 8.38. The zero-order valence-electron chi connectivity index (χ0n) is 11.7. The van der Waals surface area contributed by atoms with Gasteiger partial charge in [-0.05, 0) is 68.4 Å². The van der Waals surface area contributed by atoms with Crippen LogP contribution in [-0.2, 0) is 6.42 Å². The number of rotatable bonds is 3. The van der Waals surface area contributed by atoms with E-state index in [1.54, 1.807) is 0 Å². The topological polar surface area (TPSA) is 30.2 Å². The standard InChI is InChI=1S/C17H22O2/c1-2-14-3-4-15(19-14)16(18)17-8-11-5-12(9-17)7-13(6-11)10-17/h3-4,11-13H,2,5-10H2,1H3. The maximum Gasteiger partial charge on any atom is 0.204 e. The highest BCUT2D eigenvalue weighted by atomic mass is 16.3. The van der Waals surface area contributed by atoms with Crippen LogP contribution in [0.2, 0.25) is 0 Å². The SMILES string of the molecule is CCc1ccc(C(=O)C23CC4CC(CC(C4)C2)C3)o1. The lowest BCUT2D eigenvalue weighted by Crippen LogP contribution is -2.49. The number of carbonyl (C=O) groups is 1. The van der Waals surface area contributed by atoms with Crippen LogP contribution in [0.4, 0.5) is 0 Å². The van der Waals surface area contributed by atoms with Crippen molar-refractivity contribution in [2.24, 2.45) is 23.2 Å². The van der Waals surface area contributed by atoms with Crippen molar-refractivity contribution in [3.05, 3.63) is 23.7 Å². The molecule has 4 aliphatic rings. The summed E-state index contributed by atoms with van der Waals surface area (Å²) in [5.74, 6) is 4.32. The third-order valence-corrected chi connectivity index (χ3v) is 5.75. The van der Waals surface area contributed by atoms with Crippen LogP contribution in [0.25, 0.3) is 0 Å². The molecule has 0 N–H and O–H groups in total. The second kappa shape index (κ2) is 3.97. The number of Topliss-reactive ketones (excluding diaryl/α,β-unsaturated/α-hetero) is 1. The van der Waals surface area contributed by atoms with Crippen LogP contribution < -0.4 is 0 Å². The van der Waals surface area contributed by atoms with Crippen molar-refractivity contribution in [3.63, 3.8) is 0 Å². The van der Waals surface area contributed by atoms with E-state index < -0.39 is 0 Å². The zero-order chi connectivity index (χ0) is 13.0. The van der Waals surface area contributed by atoms with Gasteiger partial charge in [0, 0.05) is 11.8 Å². The molecule has 0 aliphatic heterocycles. The highest BCUT2D eigenvalue weighted by Crippen LogP contribution is 2.60. The van der Waals surface area contributed by atoms with Gasteiger partial charge in [0.05, 0.1) is 0 Å². The minimum absolute atomic E-state index is 0.0579. The molecule has 2 heteroatoms. The summed E-state index contributed by atoms with van der Waals surface area (Å²) < 4.78 is 5.73. The summed E-state index contributed by atoms with van der Waals surface area (Å²) in [5.41, 5.74) is -0.0579. The number of ketones is 1. The first-order valence-corrected chi connectivity index (χ1v) is 7.82. The molecule has 4 saturated carbocycles. The normalized spacial score (nSPS) is 39.7. The van der Waals surface area contributed by atoms with E-state index in [1.165, 1.54) is 19.3 Å². The Morgan fingerprint density at radius 2 is 1.74 bits per heavy atom. The van der Waals surface area contributed by atoms with E-state index in [4.69, 9.17) is 4.42 Å². The molecule has 0 amide bonds. The molecule has 1 aromatic rings. The van der Waals surface area contributed by atoms with Gasteiger partial charge in [-0.15, -0.1) is 0 Å². The Hall–Kier alpha value is -1.05. The highest BCUT2D eigenvalue weighted by molar-refractivity contribution is 5.98. The van der Waals surface area contributed by atoms with Crippen molar-refractivity contribution in [1.82, 2.24) is 0 Å². The van der Waals surface area contributed by atoms with Crippen molar-refractivity contribution in [1.29, 1.82) is 0 Å². The minimum Gasteiger partial charge on any atom is -0.458 e. The Labute approximate surface area is 114 Å². The average Bonchev–Trinajstić information content (AvgIpc) is 2.84. The molecule has 0 atom stereocenters. The third kappa shape index (κ3) is 1.72. The smallest absolute Gasteiger partial charge is 0.204 e. The van der Waals surface area contributed by atoms with E-state index in [2.05, 4.69) is 6.92 Å². The first-order valence-electron chi connectivity index (χ1n) is 7.82. The van der Waals surface area contributed by atoms with Crippen molar-refractivity contribution in [3.8, 4) is 0 Å². The van der Waals surface area contributed by atoms with E-state index in [9.17, 15) is 4.79 Å². The van der Waals surface area contributed by atoms with Gasteiger partial charge in [0.15, 0.2) is 5.76 Å². The van der Waals surface area contributed by atoms with E-state index in [0.29, 0.717) is 11.5 Å². The van der Waals surface area contributed by atoms with Crippen LogP contribution in [0.15, 0.2) is 16.5 Å². The lowest BCUT2D eigenvalue weighted by molar-refractivity contribution is -0.0365. The zero-order valence-corrected chi connectivity index (χ0v) is 11.7. The highest BCUT2D eigenvalue weighted by Gasteiger charge is 2.55. The number of furan rings is 1. The number of carbonyl (C=O) groups excluding carboxylic acids is 1. The molecule has 4 fully saturated rings. The van der Waals surface area contributed by atoms with Gasteiger partial charge in [-0.3, -0.25) is 4.79 Å². The molecule has 19 heavy (non-hydrogen) atoms. The van der Waals surface area contributed by atoms with Crippen molar-refractivity contribution in [2.75, 3.05) is 0 Å². The molecular weight excluding hydrogens is 236 g/mol. The Balaban J connectivity index is 1.66. The second-order valence-electron chi connectivity index (χ2n) is 7.15. The molecule has 102 valence electrons. The summed E-state index contributed by atoms with van der Waals surface area (Å²) in [6.45, 7) is 2.07. The van der Waals surface area contributed by atoms with E-state index in [-0.39, 0.29) is 5.41 Å². The molecule has 4 aliphatic carbocycles. The van der Waals surface area contributed by atoms with Gasteiger partial charge < -0.3 is 4.42 Å². The second-order valence-corrected chi connectivity index (χ2v) is 7.15. The molecule has 0 radical (unpaired) electrons. The summed E-state index contributed by atoms with van der Waals surface area (Å²) >= 11 is 0. The molecule has 0 unspecified atom stereocenters. The van der Waals surface area contributed by atoms with E-state index in [0.717, 1.165) is 49.2 Å². The first-order chi connectivity index (χ1) is 9.18. The molecule has 5 rings (SSSR count). The fourth-order valence-corrected chi connectivity index (χ4v) is 5.34. The summed E-state index contributed by atoms with van der Waals surface area (Å²) in [6, 6.07) is 3.87. The molecule has 1 aromatic heterocycles. The lowest BCUT2D eigenvalue weighted by atomic mass is 9.48. The fraction of sp³-hybridized carbons (Fsp3) is 0.706. The molecule has 1 heterocycles. The predicted molar refractivity (Wildman–Crippen MR) is 73.0 cm³/mol. The average molecular weight is 258 g/mol. The molecular formula is C17H22O2. The van der Waals surface area contributed by atoms with Gasteiger partial charge in [0.1, 0.15) is 5.76 Å². The van der Waals surface area contributed by atoms with Gasteiger partial charge in [0.2, 0.25) is 5.78 Å². The van der Waals surface area contributed by atoms with Gasteiger partial charge >= 0.3 is 0 Å². The Bertz CT molecular complexity index is 476. The van der Waals surface area contributed by atoms with Crippen LogP contribution in [-0.4, -0.2) is 5.78 Å². The molecule has 0 spiro atoms. The molecule has 4 bridgehead atoms. The van der Waals surface area contributed by atoms with Crippen LogP contribution in [0.5, 0.6) is 0 Å². The molecule has 0 saturated heterocycles. The van der Waals surface area contributed by atoms with E-state index in [1.807, 2.05) is 12.1 Å². The van der Waals surface area contributed by atoms with Gasteiger partial charge in [0.25, 0.3) is 0 Å². The summed E-state index contributed by atoms with van der Waals surface area (Å²) in [5, 5.41) is 0. The minimum atomic E-state index is -0.0579. The fourth-order valence-electron chi connectivity index (χ4n) is 5.34. The predicted octanol–water partition coefficient (Wildman–Crippen LogP) is 4.24. The third-order valence-electron chi connectivity index (χ3n) is 5.75. The summed E-state index contributed by atoms with van der Waals surface area (Å²) in [7, 11) is 0. The quantitative estimate of drug-likeness (QED) is 0.759. The van der Waals surface area contributed by atoms with Crippen LogP contribution in [0.1, 0.15) is 61.8 Å². The van der Waals surface area contributed by atoms with Gasteiger partial charge in [-0.25, -0.2) is 0 Å². The molecule has 0 aromatic carbocycles. The van der Waals surface area contributed by atoms with E-state index >= 15 is 0 Å². The number of aryl methyl sites for hydroxylation is 1. The monoisotopic (exact) mass is 258 g/mol. The summed E-state index contributed by atoms with van der Waals surface area (Å²) in [4.78, 5) is 12.9. The van der Waals surface area contributed by atoms with Crippen LogP contribution >= 0.6 is 0 Å². The van der Waals surface area contributed by atoms with Crippen LogP contribution in [0.3, 0.4) is 0 Å². The Morgan fingerprint density at radius 1 is 1.16 bits per heavy atom. The van der Waals surface area contributed by atoms with Gasteiger partial charge in [-0.2, -0.15) is 0 Å². The Kier molecular flexibility index (Phi) is 2.46. The first kappa shape index (κ1) is 11.7. The van der Waals surface area contributed by atoms with Crippen molar-refractivity contribution in [2.45, 2.75) is 51.9 Å². The van der Waals surface area contributed by atoms with Gasteiger partial charge in [-0.1, -0.05) is 6.92 Å².